The Morgan fingerprint density at radius 2 is 1.88 bits per heavy atom. The van der Waals surface area contributed by atoms with Crippen molar-refractivity contribution >= 4 is 35.1 Å². The number of benzene rings is 2. The molecule has 2 aromatic carbocycles. The maximum absolute atomic E-state index is 13.1. The number of hydrogen-bond donors (Lipinski definition) is 0. The van der Waals surface area contributed by atoms with Gasteiger partial charge in [0.1, 0.15) is 0 Å². The zero-order valence-corrected chi connectivity index (χ0v) is 16.6. The van der Waals surface area contributed by atoms with Gasteiger partial charge in [-0.3, -0.25) is 9.36 Å². The van der Waals surface area contributed by atoms with Gasteiger partial charge in [-0.25, -0.2) is 4.98 Å². The smallest absolute Gasteiger partial charge is 0.268 e. The fraction of sp³-hybridized carbons (Fsp3) is 0.200. The lowest BCUT2D eigenvalue weighted by atomic mass is 10.2. The third-order valence-electron chi connectivity index (χ3n) is 4.24. The third kappa shape index (κ3) is 3.56. The van der Waals surface area contributed by atoms with Gasteiger partial charge in [0.2, 0.25) is 0 Å². The van der Waals surface area contributed by atoms with Crippen LogP contribution in [0.1, 0.15) is 16.8 Å². The summed E-state index contributed by atoms with van der Waals surface area (Å²) >= 11 is 9.21. The Hall–Kier alpha value is -1.69. The van der Waals surface area contributed by atoms with E-state index in [0.29, 0.717) is 5.02 Å². The van der Waals surface area contributed by atoms with Crippen molar-refractivity contribution in [1.29, 1.82) is 0 Å². The molecular weight excluding hydrogens is 384 g/mol. The molecule has 3 nitrogen and oxygen atoms in total. The normalized spacial score (nSPS) is 13.0. The van der Waals surface area contributed by atoms with E-state index in [1.54, 1.807) is 40.2 Å². The molecule has 4 rings (SSSR count). The first-order chi connectivity index (χ1) is 12.6. The molecule has 0 atom stereocenters. The van der Waals surface area contributed by atoms with Gasteiger partial charge in [0.15, 0.2) is 5.16 Å². The summed E-state index contributed by atoms with van der Waals surface area (Å²) in [6.07, 6.45) is 0.856. The van der Waals surface area contributed by atoms with Crippen molar-refractivity contribution in [3.05, 3.63) is 80.7 Å². The lowest BCUT2D eigenvalue weighted by Gasteiger charge is -2.14. The Morgan fingerprint density at radius 3 is 2.62 bits per heavy atom. The van der Waals surface area contributed by atoms with Crippen molar-refractivity contribution in [2.75, 3.05) is 5.75 Å². The largest absolute Gasteiger partial charge is 0.272 e. The number of nitrogens with zero attached hydrogens (tertiary/aromatic N) is 2. The molecule has 0 N–H and O–H groups in total. The van der Waals surface area contributed by atoms with E-state index in [1.165, 1.54) is 11.1 Å². The minimum absolute atomic E-state index is 0.0197. The maximum Gasteiger partial charge on any atom is 0.272 e. The van der Waals surface area contributed by atoms with Crippen LogP contribution < -0.4 is 5.56 Å². The van der Waals surface area contributed by atoms with Crippen LogP contribution in [0.5, 0.6) is 0 Å². The van der Waals surface area contributed by atoms with E-state index in [1.807, 2.05) is 12.1 Å². The summed E-state index contributed by atoms with van der Waals surface area (Å²) in [5, 5.41) is 1.39. The van der Waals surface area contributed by atoms with Crippen LogP contribution in [0.3, 0.4) is 0 Å². The molecule has 0 saturated heterocycles. The van der Waals surface area contributed by atoms with Crippen LogP contribution in [0.4, 0.5) is 0 Å². The van der Waals surface area contributed by atoms with E-state index in [4.69, 9.17) is 16.6 Å². The number of fused-ring (bicyclic) bond motifs is 1. The fourth-order valence-corrected chi connectivity index (χ4v) is 4.97. The van der Waals surface area contributed by atoms with Gasteiger partial charge in [-0.2, -0.15) is 0 Å². The summed E-state index contributed by atoms with van der Waals surface area (Å²) in [5.74, 6) is 1.69. The van der Waals surface area contributed by atoms with Gasteiger partial charge in [-0.05, 0) is 36.8 Å². The number of halogens is 1. The van der Waals surface area contributed by atoms with Gasteiger partial charge in [-0.1, -0.05) is 53.2 Å². The van der Waals surface area contributed by atoms with Gasteiger partial charge in [-0.15, -0.1) is 11.8 Å². The highest BCUT2D eigenvalue weighted by Gasteiger charge is 2.22. The summed E-state index contributed by atoms with van der Waals surface area (Å²) in [6.45, 7) is 2.08. The maximum atomic E-state index is 13.1. The van der Waals surface area contributed by atoms with E-state index in [0.717, 1.165) is 39.4 Å². The molecule has 0 amide bonds. The van der Waals surface area contributed by atoms with Gasteiger partial charge in [0.05, 0.1) is 16.3 Å². The molecule has 0 bridgehead atoms. The minimum Gasteiger partial charge on any atom is -0.268 e. The van der Waals surface area contributed by atoms with E-state index in [-0.39, 0.29) is 5.56 Å². The second-order valence-corrected chi connectivity index (χ2v) is 8.64. The fourth-order valence-electron chi connectivity index (χ4n) is 2.84. The van der Waals surface area contributed by atoms with E-state index in [9.17, 15) is 4.79 Å². The zero-order chi connectivity index (χ0) is 18.1. The monoisotopic (exact) mass is 400 g/mol. The first-order valence-electron chi connectivity index (χ1n) is 8.35. The van der Waals surface area contributed by atoms with Gasteiger partial charge in [0.25, 0.3) is 5.56 Å². The van der Waals surface area contributed by atoms with Crippen LogP contribution in [0.15, 0.2) is 63.4 Å². The summed E-state index contributed by atoms with van der Waals surface area (Å²) in [7, 11) is 0. The molecule has 0 aliphatic carbocycles. The molecule has 0 radical (unpaired) electrons. The topological polar surface area (TPSA) is 34.9 Å². The van der Waals surface area contributed by atoms with Crippen molar-refractivity contribution in [2.45, 2.75) is 29.1 Å². The summed E-state index contributed by atoms with van der Waals surface area (Å²) in [6, 6.07) is 15.8. The molecule has 0 saturated carbocycles. The lowest BCUT2D eigenvalue weighted by molar-refractivity contribution is 0.739. The Morgan fingerprint density at radius 1 is 1.15 bits per heavy atom. The molecule has 3 aromatic rings. The number of aromatic nitrogens is 2. The van der Waals surface area contributed by atoms with E-state index < -0.39 is 0 Å². The Bertz CT molecular complexity index is 998. The van der Waals surface area contributed by atoms with Gasteiger partial charge >= 0.3 is 0 Å². The predicted octanol–water partition coefficient (Wildman–Crippen LogP) is 5.13. The number of aryl methyl sites for hydroxylation is 2. The standard InChI is InChI=1S/C20H17ClN2OS2/c1-13-2-4-14(5-3-13)12-26-20-22-17-10-11-25-18(17)19(24)23(20)16-8-6-15(21)7-9-16/h2-9H,10-12H2,1H3. The van der Waals surface area contributed by atoms with E-state index in [2.05, 4.69) is 31.2 Å². The van der Waals surface area contributed by atoms with Crippen LogP contribution >= 0.6 is 35.1 Å². The third-order valence-corrected chi connectivity index (χ3v) is 6.61. The summed E-state index contributed by atoms with van der Waals surface area (Å²) in [4.78, 5) is 18.7. The highest BCUT2D eigenvalue weighted by atomic mass is 35.5. The highest BCUT2D eigenvalue weighted by Crippen LogP contribution is 2.31. The van der Waals surface area contributed by atoms with Crippen LogP contribution in [0, 0.1) is 6.92 Å². The van der Waals surface area contributed by atoms with Crippen LogP contribution in [0.25, 0.3) is 5.69 Å². The number of thioether (sulfide) groups is 2. The SMILES string of the molecule is Cc1ccc(CSc2nc3c(c(=O)n2-c2ccc(Cl)cc2)SCC3)cc1. The van der Waals surface area contributed by atoms with Crippen molar-refractivity contribution in [3.63, 3.8) is 0 Å². The highest BCUT2D eigenvalue weighted by molar-refractivity contribution is 7.99. The van der Waals surface area contributed by atoms with Crippen LogP contribution in [-0.4, -0.2) is 15.3 Å². The van der Waals surface area contributed by atoms with E-state index >= 15 is 0 Å². The minimum atomic E-state index is 0.0197. The van der Waals surface area contributed by atoms with Crippen molar-refractivity contribution in [3.8, 4) is 5.69 Å². The predicted molar refractivity (Wildman–Crippen MR) is 110 cm³/mol. The zero-order valence-electron chi connectivity index (χ0n) is 14.2. The quantitative estimate of drug-likeness (QED) is 0.449. The first-order valence-corrected chi connectivity index (χ1v) is 10.7. The number of rotatable bonds is 4. The number of hydrogen-bond acceptors (Lipinski definition) is 4. The Balaban J connectivity index is 1.75. The van der Waals surface area contributed by atoms with Crippen molar-refractivity contribution in [1.82, 2.24) is 9.55 Å². The van der Waals surface area contributed by atoms with Gasteiger partial charge < -0.3 is 0 Å². The molecule has 132 valence electrons. The molecule has 1 aliphatic heterocycles. The Labute approximate surface area is 165 Å². The Kier molecular flexibility index (Phi) is 5.11. The first kappa shape index (κ1) is 17.7. The molecule has 2 heterocycles. The average molecular weight is 401 g/mol. The van der Waals surface area contributed by atoms with Crippen molar-refractivity contribution < 1.29 is 0 Å². The second-order valence-electron chi connectivity index (χ2n) is 6.16. The second kappa shape index (κ2) is 7.51. The molecular formula is C20H17ClN2OS2. The van der Waals surface area contributed by atoms with Crippen molar-refractivity contribution in [2.24, 2.45) is 0 Å². The molecule has 0 spiro atoms. The summed E-state index contributed by atoms with van der Waals surface area (Å²) < 4.78 is 1.71. The molecule has 26 heavy (non-hydrogen) atoms. The van der Waals surface area contributed by atoms with Gasteiger partial charge in [0, 0.05) is 22.9 Å². The average Bonchev–Trinajstić information content (AvgIpc) is 3.11. The lowest BCUT2D eigenvalue weighted by Crippen LogP contribution is -2.23. The van der Waals surface area contributed by atoms with Crippen LogP contribution in [0.2, 0.25) is 5.02 Å². The molecule has 6 heteroatoms. The molecule has 0 unspecified atom stereocenters. The summed E-state index contributed by atoms with van der Waals surface area (Å²) in [5.41, 5.74) is 4.20. The molecule has 1 aliphatic rings. The molecule has 1 aromatic heterocycles. The van der Waals surface area contributed by atoms with Crippen LogP contribution in [-0.2, 0) is 12.2 Å². The molecule has 0 fully saturated rings.